The molecule has 1 aliphatic rings. The summed E-state index contributed by atoms with van der Waals surface area (Å²) in [4.78, 5) is 18.8. The monoisotopic (exact) mass is 313 g/mol. The van der Waals surface area contributed by atoms with Crippen LogP contribution in [0.2, 0.25) is 0 Å². The zero-order valence-electron chi connectivity index (χ0n) is 9.63. The molecule has 11 heteroatoms. The third-order valence-corrected chi connectivity index (χ3v) is 3.77. The molecule has 1 fully saturated rings. The van der Waals surface area contributed by atoms with Crippen molar-refractivity contribution in [3.63, 3.8) is 0 Å². The van der Waals surface area contributed by atoms with Crippen LogP contribution in [0, 0.1) is 0 Å². The Labute approximate surface area is 110 Å². The van der Waals surface area contributed by atoms with Gasteiger partial charge in [-0.05, 0) is 6.07 Å². The summed E-state index contributed by atoms with van der Waals surface area (Å²) in [6.45, 7) is -0.612. The Morgan fingerprint density at radius 3 is 2.50 bits per heavy atom. The third-order valence-electron chi connectivity index (χ3n) is 2.66. The molecule has 0 N–H and O–H groups in total. The zero-order chi connectivity index (χ0) is 15.1. The van der Waals surface area contributed by atoms with Crippen molar-refractivity contribution in [1.82, 2.24) is 9.97 Å². The minimum atomic E-state index is -4.96. The molecule has 0 aromatic carbocycles. The summed E-state index contributed by atoms with van der Waals surface area (Å²) in [5.74, 6) is -1.45. The van der Waals surface area contributed by atoms with Gasteiger partial charge in [-0.1, -0.05) is 0 Å². The van der Waals surface area contributed by atoms with E-state index in [1.807, 2.05) is 0 Å². The highest BCUT2D eigenvalue weighted by Crippen LogP contribution is 2.29. The molecule has 1 unspecified atom stereocenters. The molecule has 20 heavy (non-hydrogen) atoms. The van der Waals surface area contributed by atoms with Crippen LogP contribution in [0.4, 0.5) is 23.0 Å². The van der Waals surface area contributed by atoms with Gasteiger partial charge in [-0.2, -0.15) is 21.6 Å². The van der Waals surface area contributed by atoms with E-state index in [0.717, 1.165) is 6.20 Å². The van der Waals surface area contributed by atoms with Crippen LogP contribution in [0.15, 0.2) is 12.3 Å². The number of carbonyl (C=O) groups excluding carboxylic acids is 1. The van der Waals surface area contributed by atoms with Crippen LogP contribution in [-0.4, -0.2) is 36.1 Å². The molecule has 1 aliphatic heterocycles. The molecule has 110 valence electrons. The first-order valence-corrected chi connectivity index (χ1v) is 6.68. The molecule has 2 rings (SSSR count). The summed E-state index contributed by atoms with van der Waals surface area (Å²) in [5, 5.41) is -1.62. The first-order chi connectivity index (χ1) is 9.09. The van der Waals surface area contributed by atoms with E-state index in [1.54, 1.807) is 0 Å². The second kappa shape index (κ2) is 4.65. The smallest absolute Gasteiger partial charge is 0.279 e. The van der Waals surface area contributed by atoms with Gasteiger partial charge in [0.25, 0.3) is 0 Å². The van der Waals surface area contributed by atoms with Gasteiger partial charge in [0.05, 0.1) is 0 Å². The summed E-state index contributed by atoms with van der Waals surface area (Å²) >= 11 is 0. The Morgan fingerprint density at radius 2 is 2.00 bits per heavy atom. The predicted molar refractivity (Wildman–Crippen MR) is 57.8 cm³/mol. The number of hydrogen-bond acceptors (Lipinski definition) is 5. The van der Waals surface area contributed by atoms with Crippen LogP contribution in [-0.2, 0) is 21.2 Å². The molecule has 0 spiro atoms. The van der Waals surface area contributed by atoms with E-state index in [0.29, 0.717) is 11.0 Å². The maximum atomic E-state index is 12.8. The molecule has 0 radical (unpaired) electrons. The Morgan fingerprint density at radius 1 is 1.35 bits per heavy atom. The summed E-state index contributed by atoms with van der Waals surface area (Å²) in [6.07, 6.45) is -4.60. The van der Waals surface area contributed by atoms with Gasteiger partial charge < -0.3 is 0 Å². The first kappa shape index (κ1) is 14.6. The number of carbonyl (C=O) groups is 1. The predicted octanol–water partition coefficient (Wildman–Crippen LogP) is 0.900. The quantitative estimate of drug-likeness (QED) is 0.598. The van der Waals surface area contributed by atoms with Gasteiger partial charge in [-0.25, -0.2) is 9.97 Å². The van der Waals surface area contributed by atoms with Gasteiger partial charge in [0, 0.05) is 19.2 Å². The van der Waals surface area contributed by atoms with Crippen molar-refractivity contribution in [2.45, 2.75) is 17.8 Å². The average molecular weight is 313 g/mol. The standard InChI is InChI=1S/C9H7F4N3O3S/c10-9(11,12)6-1-2-14-8(15-6)16-4-5(3-7(16)17)20(13,18)19/h1-2,5H,3-4H2. The van der Waals surface area contributed by atoms with E-state index in [9.17, 15) is 30.3 Å². The van der Waals surface area contributed by atoms with Gasteiger partial charge in [-0.3, -0.25) is 9.69 Å². The molecule has 1 aromatic rings. The van der Waals surface area contributed by atoms with Crippen LogP contribution in [0.3, 0.4) is 0 Å². The third kappa shape index (κ3) is 2.86. The second-order valence-electron chi connectivity index (χ2n) is 4.05. The van der Waals surface area contributed by atoms with Crippen LogP contribution < -0.4 is 4.90 Å². The number of nitrogens with zero attached hydrogens (tertiary/aromatic N) is 3. The molecular formula is C9H7F4N3O3S. The fourth-order valence-corrected chi connectivity index (χ4v) is 2.36. The van der Waals surface area contributed by atoms with E-state index < -0.39 is 52.2 Å². The highest BCUT2D eigenvalue weighted by atomic mass is 32.3. The lowest BCUT2D eigenvalue weighted by Crippen LogP contribution is -2.29. The molecule has 0 aliphatic carbocycles. The van der Waals surface area contributed by atoms with E-state index in [1.165, 1.54) is 0 Å². The van der Waals surface area contributed by atoms with E-state index in [-0.39, 0.29) is 0 Å². The zero-order valence-corrected chi connectivity index (χ0v) is 10.4. The van der Waals surface area contributed by atoms with Crippen molar-refractivity contribution in [2.75, 3.05) is 11.4 Å². The first-order valence-electron chi connectivity index (χ1n) is 5.23. The van der Waals surface area contributed by atoms with E-state index in [4.69, 9.17) is 0 Å². The summed E-state index contributed by atoms with van der Waals surface area (Å²) in [6, 6.07) is 0.605. The molecule has 6 nitrogen and oxygen atoms in total. The molecule has 1 aromatic heterocycles. The molecule has 0 saturated carbocycles. The largest absolute Gasteiger partial charge is 0.433 e. The van der Waals surface area contributed by atoms with E-state index >= 15 is 0 Å². The molecule has 0 bridgehead atoms. The molecule has 1 atom stereocenters. The topological polar surface area (TPSA) is 80.2 Å². The number of amides is 1. The Bertz CT molecular complexity index is 646. The Hall–Kier alpha value is -1.78. The number of hydrogen-bond donors (Lipinski definition) is 0. The minimum Gasteiger partial charge on any atom is -0.279 e. The Kier molecular flexibility index (Phi) is 3.40. The molecular weight excluding hydrogens is 306 g/mol. The lowest BCUT2D eigenvalue weighted by Gasteiger charge is -2.15. The summed E-state index contributed by atoms with van der Waals surface area (Å²) in [5.41, 5.74) is -1.28. The Balaban J connectivity index is 2.32. The van der Waals surface area contributed by atoms with Crippen LogP contribution in [0.5, 0.6) is 0 Å². The lowest BCUT2D eigenvalue weighted by molar-refractivity contribution is -0.141. The van der Waals surface area contributed by atoms with Crippen molar-refractivity contribution in [3.8, 4) is 0 Å². The fraction of sp³-hybridized carbons (Fsp3) is 0.444. The van der Waals surface area contributed by atoms with Crippen LogP contribution >= 0.6 is 0 Å². The minimum absolute atomic E-state index is 0.601. The number of anilines is 1. The van der Waals surface area contributed by atoms with Gasteiger partial charge in [-0.15, -0.1) is 3.89 Å². The molecule has 2 heterocycles. The highest BCUT2D eigenvalue weighted by Gasteiger charge is 2.41. The summed E-state index contributed by atoms with van der Waals surface area (Å²) < 4.78 is 71.6. The van der Waals surface area contributed by atoms with Gasteiger partial charge >= 0.3 is 16.4 Å². The molecule has 1 amide bonds. The van der Waals surface area contributed by atoms with Crippen molar-refractivity contribution in [1.29, 1.82) is 0 Å². The van der Waals surface area contributed by atoms with Crippen molar-refractivity contribution < 1.29 is 30.3 Å². The SMILES string of the molecule is O=C1CC(S(=O)(=O)F)CN1c1nccc(C(F)(F)F)n1. The van der Waals surface area contributed by atoms with E-state index in [2.05, 4.69) is 9.97 Å². The average Bonchev–Trinajstić information content (AvgIpc) is 2.70. The van der Waals surface area contributed by atoms with Crippen LogP contribution in [0.25, 0.3) is 0 Å². The van der Waals surface area contributed by atoms with Gasteiger partial charge in [0.1, 0.15) is 10.9 Å². The van der Waals surface area contributed by atoms with Gasteiger partial charge in [0.2, 0.25) is 11.9 Å². The van der Waals surface area contributed by atoms with Gasteiger partial charge in [0.15, 0.2) is 0 Å². The highest BCUT2D eigenvalue weighted by molar-refractivity contribution is 7.87. The van der Waals surface area contributed by atoms with Crippen molar-refractivity contribution in [2.24, 2.45) is 0 Å². The lowest BCUT2D eigenvalue weighted by atomic mass is 10.4. The molecule has 1 saturated heterocycles. The number of halogens is 4. The van der Waals surface area contributed by atoms with Crippen molar-refractivity contribution in [3.05, 3.63) is 18.0 Å². The number of rotatable bonds is 2. The number of aromatic nitrogens is 2. The normalized spacial score (nSPS) is 20.5. The maximum Gasteiger partial charge on any atom is 0.433 e. The van der Waals surface area contributed by atoms with Crippen LogP contribution in [0.1, 0.15) is 12.1 Å². The fourth-order valence-electron chi connectivity index (χ4n) is 1.69. The summed E-state index contributed by atoms with van der Waals surface area (Å²) in [7, 11) is -4.96. The maximum absolute atomic E-state index is 12.8. The van der Waals surface area contributed by atoms with Crippen molar-refractivity contribution >= 4 is 22.1 Å². The second-order valence-corrected chi connectivity index (χ2v) is 5.66. The number of alkyl halides is 3.